The fourth-order valence-corrected chi connectivity index (χ4v) is 1.06. The third-order valence-corrected chi connectivity index (χ3v) is 1.60. The molecular formula is C9H19NO. The van der Waals surface area contributed by atoms with Crippen molar-refractivity contribution >= 4 is 6.41 Å². The van der Waals surface area contributed by atoms with Crippen LogP contribution in [0.1, 0.15) is 33.6 Å². The summed E-state index contributed by atoms with van der Waals surface area (Å²) < 4.78 is 0. The summed E-state index contributed by atoms with van der Waals surface area (Å²) in [5.74, 6) is 0.722. The molecule has 2 nitrogen and oxygen atoms in total. The van der Waals surface area contributed by atoms with E-state index < -0.39 is 0 Å². The van der Waals surface area contributed by atoms with Crippen LogP contribution in [0.4, 0.5) is 0 Å². The zero-order chi connectivity index (χ0) is 8.69. The number of carbonyl (C=O) groups excluding carboxylic acids is 1. The minimum absolute atomic E-state index is 0.722. The normalized spacial score (nSPS) is 22.5. The van der Waals surface area contributed by atoms with Gasteiger partial charge in [0.1, 0.15) is 0 Å². The molecule has 0 aromatic heterocycles. The molecule has 66 valence electrons. The van der Waals surface area contributed by atoms with E-state index in [9.17, 15) is 4.79 Å². The number of rotatable bonds is 1. The van der Waals surface area contributed by atoms with E-state index in [1.54, 1.807) is 0 Å². The first-order valence-corrected chi connectivity index (χ1v) is 4.43. The number of nitrogens with zero attached hydrogens (tertiary/aromatic N) is 1. The predicted octanol–water partition coefficient (Wildman–Crippen LogP) is 1.90. The molecule has 1 atom stereocenters. The van der Waals surface area contributed by atoms with Crippen molar-refractivity contribution in [1.82, 2.24) is 4.90 Å². The third-order valence-electron chi connectivity index (χ3n) is 1.60. The lowest BCUT2D eigenvalue weighted by atomic mass is 10.2. The lowest BCUT2D eigenvalue weighted by Crippen LogP contribution is -2.17. The third kappa shape index (κ3) is 4.82. The molecule has 0 spiro atoms. The summed E-state index contributed by atoms with van der Waals surface area (Å²) >= 11 is 0. The molecule has 1 aliphatic heterocycles. The Kier molecular flexibility index (Phi) is 5.90. The smallest absolute Gasteiger partial charge is 0.209 e. The Hall–Kier alpha value is -0.530. The summed E-state index contributed by atoms with van der Waals surface area (Å²) in [5, 5.41) is 0. The average Bonchev–Trinajstić information content (AvgIpc) is 2.37. The molecule has 0 N–H and O–H groups in total. The van der Waals surface area contributed by atoms with Crippen LogP contribution in [-0.2, 0) is 4.79 Å². The van der Waals surface area contributed by atoms with Crippen molar-refractivity contribution in [2.24, 2.45) is 5.92 Å². The van der Waals surface area contributed by atoms with Gasteiger partial charge in [-0.25, -0.2) is 0 Å². The lowest BCUT2D eigenvalue weighted by molar-refractivity contribution is -0.117. The van der Waals surface area contributed by atoms with Gasteiger partial charge in [-0.3, -0.25) is 4.79 Å². The SMILES string of the molecule is CCC.C[C@H]1CCN(C=O)C1. The first-order chi connectivity index (χ1) is 5.24. The number of amides is 1. The Morgan fingerprint density at radius 1 is 1.55 bits per heavy atom. The van der Waals surface area contributed by atoms with Crippen molar-refractivity contribution in [2.45, 2.75) is 33.6 Å². The molecule has 1 saturated heterocycles. The van der Waals surface area contributed by atoms with E-state index in [2.05, 4.69) is 20.8 Å². The highest BCUT2D eigenvalue weighted by atomic mass is 16.1. The van der Waals surface area contributed by atoms with Crippen molar-refractivity contribution in [2.75, 3.05) is 13.1 Å². The van der Waals surface area contributed by atoms with Crippen LogP contribution in [0.2, 0.25) is 0 Å². The quantitative estimate of drug-likeness (QED) is 0.532. The number of hydrogen-bond donors (Lipinski definition) is 0. The molecular weight excluding hydrogens is 138 g/mol. The molecule has 1 aliphatic rings. The molecule has 0 unspecified atom stereocenters. The van der Waals surface area contributed by atoms with Gasteiger partial charge in [0.2, 0.25) is 6.41 Å². The summed E-state index contributed by atoms with van der Waals surface area (Å²) in [6.45, 7) is 8.34. The standard InChI is InChI=1S/C6H11NO.C3H8/c1-6-2-3-7(4-6)5-8;1-3-2/h5-6H,2-4H2,1H3;3H2,1-2H3/t6-;/m0./s1. The highest BCUT2D eigenvalue weighted by Crippen LogP contribution is 2.11. The van der Waals surface area contributed by atoms with E-state index in [1.807, 2.05) is 4.90 Å². The minimum Gasteiger partial charge on any atom is -0.345 e. The number of carbonyl (C=O) groups is 1. The topological polar surface area (TPSA) is 20.3 Å². The van der Waals surface area contributed by atoms with Crippen molar-refractivity contribution in [3.05, 3.63) is 0 Å². The fourth-order valence-electron chi connectivity index (χ4n) is 1.06. The molecule has 11 heavy (non-hydrogen) atoms. The molecule has 0 aliphatic carbocycles. The van der Waals surface area contributed by atoms with Crippen molar-refractivity contribution < 1.29 is 4.79 Å². The molecule has 0 bridgehead atoms. The first-order valence-electron chi connectivity index (χ1n) is 4.43. The van der Waals surface area contributed by atoms with Crippen LogP contribution < -0.4 is 0 Å². The van der Waals surface area contributed by atoms with Crippen LogP contribution in [0.15, 0.2) is 0 Å². The zero-order valence-corrected chi connectivity index (χ0v) is 7.84. The zero-order valence-electron chi connectivity index (χ0n) is 7.84. The first kappa shape index (κ1) is 10.5. The van der Waals surface area contributed by atoms with Crippen LogP contribution in [0.3, 0.4) is 0 Å². The van der Waals surface area contributed by atoms with E-state index in [0.717, 1.165) is 25.4 Å². The summed E-state index contributed by atoms with van der Waals surface area (Å²) in [6.07, 6.45) is 3.36. The van der Waals surface area contributed by atoms with Gasteiger partial charge in [0, 0.05) is 13.1 Å². The van der Waals surface area contributed by atoms with Crippen LogP contribution in [0.5, 0.6) is 0 Å². The molecule has 0 saturated carbocycles. The highest BCUT2D eigenvalue weighted by Gasteiger charge is 2.15. The predicted molar refractivity (Wildman–Crippen MR) is 47.4 cm³/mol. The largest absolute Gasteiger partial charge is 0.345 e. The summed E-state index contributed by atoms with van der Waals surface area (Å²) in [6, 6.07) is 0. The fraction of sp³-hybridized carbons (Fsp3) is 0.889. The van der Waals surface area contributed by atoms with Gasteiger partial charge < -0.3 is 4.90 Å². The summed E-state index contributed by atoms with van der Waals surface area (Å²) in [5.41, 5.74) is 0. The Balaban J connectivity index is 0.000000292. The monoisotopic (exact) mass is 157 g/mol. The maximum Gasteiger partial charge on any atom is 0.209 e. The van der Waals surface area contributed by atoms with Gasteiger partial charge in [-0.15, -0.1) is 0 Å². The van der Waals surface area contributed by atoms with E-state index in [0.29, 0.717) is 0 Å². The van der Waals surface area contributed by atoms with Crippen molar-refractivity contribution in [3.8, 4) is 0 Å². The van der Waals surface area contributed by atoms with Gasteiger partial charge in [0.15, 0.2) is 0 Å². The molecule has 0 aromatic rings. The van der Waals surface area contributed by atoms with E-state index in [1.165, 1.54) is 12.8 Å². The highest BCUT2D eigenvalue weighted by molar-refractivity contribution is 5.47. The van der Waals surface area contributed by atoms with E-state index >= 15 is 0 Å². The second kappa shape index (κ2) is 6.20. The minimum atomic E-state index is 0.722. The van der Waals surface area contributed by atoms with Crippen molar-refractivity contribution in [1.29, 1.82) is 0 Å². The molecule has 0 aromatic carbocycles. The maximum atomic E-state index is 10.1. The number of hydrogen-bond acceptors (Lipinski definition) is 1. The number of likely N-dealkylation sites (tertiary alicyclic amines) is 1. The molecule has 0 radical (unpaired) electrons. The summed E-state index contributed by atoms with van der Waals surface area (Å²) in [4.78, 5) is 11.9. The van der Waals surface area contributed by atoms with Gasteiger partial charge in [-0.1, -0.05) is 27.2 Å². The Morgan fingerprint density at radius 2 is 2.09 bits per heavy atom. The van der Waals surface area contributed by atoms with Gasteiger partial charge in [-0.2, -0.15) is 0 Å². The van der Waals surface area contributed by atoms with Gasteiger partial charge in [0.25, 0.3) is 0 Å². The van der Waals surface area contributed by atoms with E-state index in [4.69, 9.17) is 0 Å². The van der Waals surface area contributed by atoms with Crippen LogP contribution >= 0.6 is 0 Å². The van der Waals surface area contributed by atoms with Crippen molar-refractivity contribution in [3.63, 3.8) is 0 Å². The van der Waals surface area contributed by atoms with Crippen LogP contribution in [-0.4, -0.2) is 24.4 Å². The van der Waals surface area contributed by atoms with Gasteiger partial charge in [0.05, 0.1) is 0 Å². The van der Waals surface area contributed by atoms with Gasteiger partial charge in [-0.05, 0) is 12.3 Å². The van der Waals surface area contributed by atoms with Gasteiger partial charge >= 0.3 is 0 Å². The molecule has 1 rings (SSSR count). The molecule has 1 heterocycles. The van der Waals surface area contributed by atoms with E-state index in [-0.39, 0.29) is 0 Å². The maximum absolute atomic E-state index is 10.1. The van der Waals surface area contributed by atoms with Crippen LogP contribution in [0, 0.1) is 5.92 Å². The molecule has 2 heteroatoms. The second-order valence-corrected chi connectivity index (χ2v) is 3.20. The molecule has 1 fully saturated rings. The Labute approximate surface area is 69.6 Å². The lowest BCUT2D eigenvalue weighted by Gasteiger charge is -2.04. The Morgan fingerprint density at radius 3 is 2.27 bits per heavy atom. The van der Waals surface area contributed by atoms with Crippen LogP contribution in [0.25, 0.3) is 0 Å². The average molecular weight is 157 g/mol. The Bertz CT molecular complexity index is 104. The summed E-state index contributed by atoms with van der Waals surface area (Å²) in [7, 11) is 0. The molecule has 1 amide bonds. The second-order valence-electron chi connectivity index (χ2n) is 3.20.